The molecule has 19 heavy (non-hydrogen) atoms. The number of aromatic nitrogens is 2. The van der Waals surface area contributed by atoms with Crippen LogP contribution in [0.25, 0.3) is 0 Å². The number of amides is 1. The number of hydrogen-bond donors (Lipinski definition) is 1. The topological polar surface area (TPSA) is 46.9 Å². The van der Waals surface area contributed by atoms with Crippen molar-refractivity contribution in [1.29, 1.82) is 0 Å². The Morgan fingerprint density at radius 1 is 1.58 bits per heavy atom. The Morgan fingerprint density at radius 3 is 3.26 bits per heavy atom. The highest BCUT2D eigenvalue weighted by Gasteiger charge is 2.20. The Hall–Kier alpha value is -1.62. The highest BCUT2D eigenvalue weighted by atomic mass is 32.1. The van der Waals surface area contributed by atoms with E-state index in [1.807, 2.05) is 18.5 Å². The molecule has 3 rings (SSSR count). The lowest BCUT2D eigenvalue weighted by molar-refractivity contribution is -0.121. The van der Waals surface area contributed by atoms with Crippen molar-refractivity contribution in [2.24, 2.45) is 0 Å². The number of hydrogen-bond acceptors (Lipinski definition) is 3. The van der Waals surface area contributed by atoms with Crippen molar-refractivity contribution in [2.45, 2.75) is 38.8 Å². The first kappa shape index (κ1) is 12.4. The van der Waals surface area contributed by atoms with Crippen molar-refractivity contribution in [2.75, 3.05) is 0 Å². The summed E-state index contributed by atoms with van der Waals surface area (Å²) >= 11 is 1.69. The highest BCUT2D eigenvalue weighted by Crippen LogP contribution is 2.16. The number of thiophene rings is 1. The largest absolute Gasteiger partial charge is 0.351 e. The molecule has 1 amide bonds. The smallest absolute Gasteiger partial charge is 0.225 e. The van der Waals surface area contributed by atoms with Crippen LogP contribution in [0.1, 0.15) is 22.0 Å². The monoisotopic (exact) mass is 275 g/mol. The minimum Gasteiger partial charge on any atom is -0.351 e. The number of carbonyl (C=O) groups excluding carboxylic acids is 1. The van der Waals surface area contributed by atoms with Gasteiger partial charge in [0.05, 0.1) is 6.42 Å². The fourth-order valence-electron chi connectivity index (χ4n) is 2.50. The first-order chi connectivity index (χ1) is 9.20. The van der Waals surface area contributed by atoms with Gasteiger partial charge in [-0.05, 0) is 25.5 Å². The Labute approximate surface area is 116 Å². The van der Waals surface area contributed by atoms with Gasteiger partial charge in [0.1, 0.15) is 5.82 Å². The molecule has 0 fully saturated rings. The molecule has 0 unspecified atom stereocenters. The summed E-state index contributed by atoms with van der Waals surface area (Å²) in [6.07, 6.45) is 6.22. The first-order valence-electron chi connectivity index (χ1n) is 6.55. The second kappa shape index (κ2) is 5.17. The fourth-order valence-corrected chi connectivity index (χ4v) is 3.39. The van der Waals surface area contributed by atoms with Crippen LogP contribution in [0.5, 0.6) is 0 Å². The van der Waals surface area contributed by atoms with Crippen LogP contribution in [0.2, 0.25) is 0 Å². The standard InChI is InChI=1S/C14H17N3OS/c1-10-2-4-12(19-10)8-14(18)16-11-3-5-13-15-6-7-17(13)9-11/h2,4,6-7,11H,3,5,8-9H2,1H3,(H,16,18)/t11-/m1/s1. The summed E-state index contributed by atoms with van der Waals surface area (Å²) in [6.45, 7) is 2.90. The van der Waals surface area contributed by atoms with Crippen molar-refractivity contribution in [3.8, 4) is 0 Å². The summed E-state index contributed by atoms with van der Waals surface area (Å²) in [7, 11) is 0. The van der Waals surface area contributed by atoms with Crippen LogP contribution in [0.3, 0.4) is 0 Å². The Morgan fingerprint density at radius 2 is 2.47 bits per heavy atom. The van der Waals surface area contributed by atoms with Crippen LogP contribution in [-0.2, 0) is 24.2 Å². The number of rotatable bonds is 3. The quantitative estimate of drug-likeness (QED) is 0.930. The third kappa shape index (κ3) is 2.87. The van der Waals surface area contributed by atoms with Gasteiger partial charge in [-0.3, -0.25) is 4.79 Å². The molecule has 100 valence electrons. The number of aryl methyl sites for hydroxylation is 2. The van der Waals surface area contributed by atoms with Gasteiger partial charge in [0, 0.05) is 41.2 Å². The molecule has 1 aliphatic heterocycles. The van der Waals surface area contributed by atoms with Crippen molar-refractivity contribution >= 4 is 17.2 Å². The minimum atomic E-state index is 0.121. The molecule has 3 heterocycles. The third-order valence-electron chi connectivity index (χ3n) is 3.43. The summed E-state index contributed by atoms with van der Waals surface area (Å²) in [5.41, 5.74) is 0. The molecule has 1 atom stereocenters. The van der Waals surface area contributed by atoms with E-state index in [1.54, 1.807) is 11.3 Å². The van der Waals surface area contributed by atoms with Crippen LogP contribution in [0.4, 0.5) is 0 Å². The normalized spacial score (nSPS) is 18.1. The summed E-state index contributed by atoms with van der Waals surface area (Å²) in [4.78, 5) is 18.7. The van der Waals surface area contributed by atoms with Crippen LogP contribution in [0.15, 0.2) is 24.5 Å². The Kier molecular flexibility index (Phi) is 3.38. The number of imidazole rings is 1. The van der Waals surface area contributed by atoms with Crippen LogP contribution >= 0.6 is 11.3 Å². The predicted octanol–water partition coefficient (Wildman–Crippen LogP) is 1.93. The van der Waals surface area contributed by atoms with Crippen LogP contribution in [0, 0.1) is 6.92 Å². The van der Waals surface area contributed by atoms with Gasteiger partial charge in [-0.15, -0.1) is 11.3 Å². The maximum atomic E-state index is 12.0. The third-order valence-corrected chi connectivity index (χ3v) is 4.43. The zero-order valence-electron chi connectivity index (χ0n) is 10.9. The van der Waals surface area contributed by atoms with E-state index in [1.165, 1.54) is 4.88 Å². The summed E-state index contributed by atoms with van der Waals surface area (Å²) in [6, 6.07) is 4.33. The van der Waals surface area contributed by atoms with Crippen molar-refractivity contribution < 1.29 is 4.79 Å². The molecular formula is C14H17N3OS. The van der Waals surface area contributed by atoms with Crippen molar-refractivity contribution in [1.82, 2.24) is 14.9 Å². The van der Waals surface area contributed by atoms with E-state index in [0.29, 0.717) is 6.42 Å². The average Bonchev–Trinajstić information content (AvgIpc) is 2.97. The van der Waals surface area contributed by atoms with Crippen molar-refractivity contribution in [3.63, 3.8) is 0 Å². The summed E-state index contributed by atoms with van der Waals surface area (Å²) < 4.78 is 2.13. The van der Waals surface area contributed by atoms with Gasteiger partial charge in [-0.2, -0.15) is 0 Å². The number of nitrogens with zero attached hydrogens (tertiary/aromatic N) is 2. The maximum absolute atomic E-state index is 12.0. The zero-order valence-corrected chi connectivity index (χ0v) is 11.7. The lowest BCUT2D eigenvalue weighted by Gasteiger charge is -2.24. The molecule has 0 saturated heterocycles. The van der Waals surface area contributed by atoms with Gasteiger partial charge in [0.25, 0.3) is 0 Å². The average molecular weight is 275 g/mol. The van der Waals surface area contributed by atoms with Gasteiger partial charge < -0.3 is 9.88 Å². The van der Waals surface area contributed by atoms with E-state index in [4.69, 9.17) is 0 Å². The van der Waals surface area contributed by atoms with E-state index >= 15 is 0 Å². The van der Waals surface area contributed by atoms with E-state index in [9.17, 15) is 4.79 Å². The van der Waals surface area contributed by atoms with Gasteiger partial charge in [0.15, 0.2) is 0 Å². The van der Waals surface area contributed by atoms with Crippen LogP contribution < -0.4 is 5.32 Å². The van der Waals surface area contributed by atoms with Gasteiger partial charge in [-0.25, -0.2) is 4.98 Å². The molecule has 2 aromatic rings. The SMILES string of the molecule is Cc1ccc(CC(=O)N[C@@H]2CCc3nccn3C2)s1. The molecular weight excluding hydrogens is 258 g/mol. The van der Waals surface area contributed by atoms with Crippen molar-refractivity contribution in [3.05, 3.63) is 40.1 Å². The molecule has 1 N–H and O–H groups in total. The second-order valence-electron chi connectivity index (χ2n) is 4.99. The number of fused-ring (bicyclic) bond motifs is 1. The van der Waals surface area contributed by atoms with E-state index in [2.05, 4.69) is 27.9 Å². The first-order valence-corrected chi connectivity index (χ1v) is 7.37. The Bertz CT molecular complexity index is 587. The molecule has 0 bridgehead atoms. The zero-order chi connectivity index (χ0) is 13.2. The molecule has 2 aromatic heterocycles. The molecule has 0 spiro atoms. The summed E-state index contributed by atoms with van der Waals surface area (Å²) in [5.74, 6) is 1.25. The molecule has 0 radical (unpaired) electrons. The molecule has 5 heteroatoms. The Balaban J connectivity index is 1.56. The number of nitrogens with one attached hydrogen (secondary N) is 1. The number of carbonyl (C=O) groups is 1. The minimum absolute atomic E-state index is 0.121. The van der Waals surface area contributed by atoms with E-state index < -0.39 is 0 Å². The van der Waals surface area contributed by atoms with Gasteiger partial charge >= 0.3 is 0 Å². The molecule has 1 aliphatic rings. The maximum Gasteiger partial charge on any atom is 0.225 e. The second-order valence-corrected chi connectivity index (χ2v) is 6.36. The molecule has 4 nitrogen and oxygen atoms in total. The molecule has 0 aliphatic carbocycles. The highest BCUT2D eigenvalue weighted by molar-refractivity contribution is 7.12. The van der Waals surface area contributed by atoms with Gasteiger partial charge in [0.2, 0.25) is 5.91 Å². The lowest BCUT2D eigenvalue weighted by atomic mass is 10.1. The molecule has 0 saturated carbocycles. The molecule has 0 aromatic carbocycles. The predicted molar refractivity (Wildman–Crippen MR) is 75.2 cm³/mol. The summed E-state index contributed by atoms with van der Waals surface area (Å²) in [5, 5.41) is 3.13. The lowest BCUT2D eigenvalue weighted by Crippen LogP contribution is -2.41. The fraction of sp³-hybridized carbons (Fsp3) is 0.429. The van der Waals surface area contributed by atoms with E-state index in [-0.39, 0.29) is 11.9 Å². The van der Waals surface area contributed by atoms with Crippen LogP contribution in [-0.4, -0.2) is 21.5 Å². The van der Waals surface area contributed by atoms with Gasteiger partial charge in [-0.1, -0.05) is 0 Å². The van der Waals surface area contributed by atoms with E-state index in [0.717, 1.165) is 30.1 Å².